The summed E-state index contributed by atoms with van der Waals surface area (Å²) < 4.78 is 1.83. The fourth-order valence-corrected chi connectivity index (χ4v) is 3.24. The molecule has 7 nitrogen and oxygen atoms in total. The normalized spacial score (nSPS) is 17.4. The number of amides is 1. The van der Waals surface area contributed by atoms with Gasteiger partial charge in [-0.05, 0) is 45.5 Å². The van der Waals surface area contributed by atoms with Gasteiger partial charge in [0.2, 0.25) is 0 Å². The number of hydrogen-bond donors (Lipinski definition) is 0. The lowest BCUT2D eigenvalue weighted by Gasteiger charge is -2.23. The summed E-state index contributed by atoms with van der Waals surface area (Å²) in [5.74, 6) is 0.706. The molecule has 0 spiro atoms. The van der Waals surface area contributed by atoms with Gasteiger partial charge in [0.25, 0.3) is 5.91 Å². The summed E-state index contributed by atoms with van der Waals surface area (Å²) in [4.78, 5) is 26.0. The van der Waals surface area contributed by atoms with E-state index in [1.165, 1.54) is 0 Å². The fourth-order valence-electron chi connectivity index (χ4n) is 3.24. The lowest BCUT2D eigenvalue weighted by atomic mass is 10.2. The molecule has 0 N–H and O–H groups in total. The Bertz CT molecular complexity index is 726. The molecule has 0 aromatic carbocycles. The van der Waals surface area contributed by atoms with Crippen molar-refractivity contribution in [2.45, 2.75) is 45.3 Å². The first kappa shape index (κ1) is 17.5. The molecule has 0 aliphatic carbocycles. The highest BCUT2D eigenvalue weighted by Crippen LogP contribution is 2.31. The highest BCUT2D eigenvalue weighted by atomic mass is 16.2. The largest absolute Gasteiger partial charge is 0.327 e. The van der Waals surface area contributed by atoms with Crippen molar-refractivity contribution in [3.8, 4) is 0 Å². The van der Waals surface area contributed by atoms with Crippen LogP contribution in [0.5, 0.6) is 0 Å². The third-order valence-electron chi connectivity index (χ3n) is 4.33. The van der Waals surface area contributed by atoms with Gasteiger partial charge in [-0.3, -0.25) is 9.48 Å². The zero-order chi connectivity index (χ0) is 17.8. The van der Waals surface area contributed by atoms with E-state index in [9.17, 15) is 4.79 Å². The summed E-state index contributed by atoms with van der Waals surface area (Å²) in [5, 5.41) is 4.41. The van der Waals surface area contributed by atoms with Crippen LogP contribution >= 0.6 is 0 Å². The molecule has 2 aromatic rings. The molecule has 134 valence electrons. The Morgan fingerprint density at radius 1 is 1.36 bits per heavy atom. The highest BCUT2D eigenvalue weighted by molar-refractivity contribution is 5.92. The lowest BCUT2D eigenvalue weighted by molar-refractivity contribution is 0.0722. The molecule has 0 saturated carbocycles. The zero-order valence-corrected chi connectivity index (χ0v) is 15.2. The molecule has 0 bridgehead atoms. The summed E-state index contributed by atoms with van der Waals surface area (Å²) in [7, 11) is 4.03. The molecule has 1 aliphatic rings. The molecule has 1 aliphatic heterocycles. The Kier molecular flexibility index (Phi) is 5.43. The van der Waals surface area contributed by atoms with E-state index in [-0.39, 0.29) is 11.9 Å². The second-order valence-corrected chi connectivity index (χ2v) is 6.76. The standard InChI is InChI=1S/C18H26N6O/c1-4-10-23-12-8-15(21-23)18(25)24-11-5-6-16(24)17-19-9-7-14(20-17)13-22(2)3/h7-9,12,16H,4-6,10-11,13H2,1-3H3/t16-/m1/s1. The average molecular weight is 342 g/mol. The van der Waals surface area contributed by atoms with Gasteiger partial charge < -0.3 is 9.80 Å². The SMILES string of the molecule is CCCn1ccc(C(=O)N2CCC[C@@H]2c2nccc(CN(C)C)n2)n1. The van der Waals surface area contributed by atoms with Crippen molar-refractivity contribution in [2.75, 3.05) is 20.6 Å². The maximum Gasteiger partial charge on any atom is 0.274 e. The number of rotatable bonds is 6. The van der Waals surface area contributed by atoms with Gasteiger partial charge in [-0.15, -0.1) is 0 Å². The van der Waals surface area contributed by atoms with Crippen LogP contribution in [0.15, 0.2) is 24.5 Å². The van der Waals surface area contributed by atoms with Crippen LogP contribution in [0.25, 0.3) is 0 Å². The summed E-state index contributed by atoms with van der Waals surface area (Å²) in [6, 6.07) is 3.67. The van der Waals surface area contributed by atoms with Crippen LogP contribution in [0, 0.1) is 0 Å². The first-order valence-corrected chi connectivity index (χ1v) is 8.89. The number of carbonyl (C=O) groups excluding carboxylic acids is 1. The molecular weight excluding hydrogens is 316 g/mol. The Balaban J connectivity index is 1.78. The van der Waals surface area contributed by atoms with E-state index in [2.05, 4.69) is 26.9 Å². The van der Waals surface area contributed by atoms with E-state index in [1.807, 2.05) is 35.9 Å². The minimum absolute atomic E-state index is 0.0287. The molecule has 25 heavy (non-hydrogen) atoms. The predicted molar refractivity (Wildman–Crippen MR) is 95.0 cm³/mol. The monoisotopic (exact) mass is 342 g/mol. The molecule has 0 unspecified atom stereocenters. The van der Waals surface area contributed by atoms with E-state index >= 15 is 0 Å². The molecule has 0 radical (unpaired) electrons. The van der Waals surface area contributed by atoms with Gasteiger partial charge in [-0.2, -0.15) is 5.10 Å². The second kappa shape index (κ2) is 7.74. The lowest BCUT2D eigenvalue weighted by Crippen LogP contribution is -2.32. The molecule has 1 fully saturated rings. The molecule has 2 aromatic heterocycles. The van der Waals surface area contributed by atoms with Gasteiger partial charge in [0, 0.05) is 32.0 Å². The van der Waals surface area contributed by atoms with E-state index < -0.39 is 0 Å². The van der Waals surface area contributed by atoms with Crippen LogP contribution < -0.4 is 0 Å². The van der Waals surface area contributed by atoms with Crippen molar-refractivity contribution in [1.82, 2.24) is 29.5 Å². The zero-order valence-electron chi connectivity index (χ0n) is 15.2. The van der Waals surface area contributed by atoms with Crippen molar-refractivity contribution in [1.29, 1.82) is 0 Å². The highest BCUT2D eigenvalue weighted by Gasteiger charge is 2.33. The van der Waals surface area contributed by atoms with E-state index in [1.54, 1.807) is 12.3 Å². The molecule has 3 heterocycles. The minimum atomic E-state index is -0.0639. The number of nitrogens with zero attached hydrogens (tertiary/aromatic N) is 6. The topological polar surface area (TPSA) is 67.2 Å². The van der Waals surface area contributed by atoms with Crippen LogP contribution in [0.1, 0.15) is 54.2 Å². The van der Waals surface area contributed by atoms with Gasteiger partial charge in [-0.25, -0.2) is 9.97 Å². The van der Waals surface area contributed by atoms with Gasteiger partial charge in [0.05, 0.1) is 11.7 Å². The van der Waals surface area contributed by atoms with Gasteiger partial charge >= 0.3 is 0 Å². The Labute approximate surface area is 148 Å². The number of carbonyl (C=O) groups is 1. The van der Waals surface area contributed by atoms with Crippen molar-refractivity contribution in [2.24, 2.45) is 0 Å². The van der Waals surface area contributed by atoms with Crippen molar-refractivity contribution in [3.05, 3.63) is 41.7 Å². The number of hydrogen-bond acceptors (Lipinski definition) is 5. The maximum atomic E-state index is 12.9. The van der Waals surface area contributed by atoms with Crippen molar-refractivity contribution < 1.29 is 4.79 Å². The first-order chi connectivity index (χ1) is 12.1. The third kappa shape index (κ3) is 4.04. The molecule has 1 atom stereocenters. The van der Waals surface area contributed by atoms with Gasteiger partial charge in [0.1, 0.15) is 5.69 Å². The number of aryl methyl sites for hydroxylation is 1. The summed E-state index contributed by atoms with van der Waals surface area (Å²) in [6.07, 6.45) is 6.52. The molecule has 3 rings (SSSR count). The quantitative estimate of drug-likeness (QED) is 0.804. The predicted octanol–water partition coefficient (Wildman–Crippen LogP) is 2.12. The van der Waals surface area contributed by atoms with Gasteiger partial charge in [0.15, 0.2) is 5.82 Å². The summed E-state index contributed by atoms with van der Waals surface area (Å²) >= 11 is 0. The van der Waals surface area contributed by atoms with E-state index in [0.717, 1.165) is 50.4 Å². The summed E-state index contributed by atoms with van der Waals surface area (Å²) in [5.41, 5.74) is 1.48. The molecule has 1 amide bonds. The van der Waals surface area contributed by atoms with Crippen molar-refractivity contribution in [3.63, 3.8) is 0 Å². The second-order valence-electron chi connectivity index (χ2n) is 6.76. The van der Waals surface area contributed by atoms with Crippen molar-refractivity contribution >= 4 is 5.91 Å². The van der Waals surface area contributed by atoms with Crippen LogP contribution in [0.3, 0.4) is 0 Å². The maximum absolute atomic E-state index is 12.9. The van der Waals surface area contributed by atoms with Crippen LogP contribution in [-0.2, 0) is 13.1 Å². The minimum Gasteiger partial charge on any atom is -0.327 e. The Morgan fingerprint density at radius 2 is 2.20 bits per heavy atom. The molecule has 7 heteroatoms. The van der Waals surface area contributed by atoms with Crippen LogP contribution in [0.2, 0.25) is 0 Å². The smallest absolute Gasteiger partial charge is 0.274 e. The Morgan fingerprint density at radius 3 is 2.96 bits per heavy atom. The van der Waals surface area contributed by atoms with E-state index in [4.69, 9.17) is 0 Å². The Hall–Kier alpha value is -2.28. The number of aromatic nitrogens is 4. The first-order valence-electron chi connectivity index (χ1n) is 8.89. The molecular formula is C18H26N6O. The average Bonchev–Trinajstić information content (AvgIpc) is 3.23. The van der Waals surface area contributed by atoms with Gasteiger partial charge in [-0.1, -0.05) is 6.92 Å². The number of likely N-dealkylation sites (tertiary alicyclic amines) is 1. The fraction of sp³-hybridized carbons (Fsp3) is 0.556. The molecule has 1 saturated heterocycles. The van der Waals surface area contributed by atoms with Crippen LogP contribution in [-0.4, -0.2) is 56.1 Å². The third-order valence-corrected chi connectivity index (χ3v) is 4.33. The van der Waals surface area contributed by atoms with Crippen LogP contribution in [0.4, 0.5) is 0 Å². The summed E-state index contributed by atoms with van der Waals surface area (Å²) in [6.45, 7) is 4.41. The van der Waals surface area contributed by atoms with E-state index in [0.29, 0.717) is 5.69 Å².